The Kier molecular flexibility index (Phi) is 14.1. The van der Waals surface area contributed by atoms with E-state index >= 15 is 0 Å². The van der Waals surface area contributed by atoms with Crippen LogP contribution in [-0.2, 0) is 42.7 Å². The Labute approximate surface area is 501 Å². The van der Waals surface area contributed by atoms with Gasteiger partial charge in [0.1, 0.15) is 11.6 Å². The molecule has 0 radical (unpaired) electrons. The van der Waals surface area contributed by atoms with Gasteiger partial charge in [-0.1, -0.05) is 204 Å². The molecule has 0 saturated carbocycles. The Bertz CT molecular complexity index is 4050. The molecular formula is C74H73BN5OPt-. The first-order chi connectivity index (χ1) is 38.5. The van der Waals surface area contributed by atoms with Crippen molar-refractivity contribution < 1.29 is 26.2 Å². The standard InChI is InChI=1S/C74H73BN5O.Pt/c1-46-26-24-27-47(2)64(46)65-62-34-25-35-63-78(54-32-22-17-23-33-54)66-57(73(9,10)11)40-51(60-42-50(38-39-76-60)48-28-18-15-19-29-48)41-59(66)75(80(62)63)69-67(65)79(61-37-36-52(71(3,4)5)43-55(61)49-30-20-16-21-31-49)70(77-69)56-44-53(72(6,7)8)45-58(68(56)81)74(12,13)14;/h15-40,42-45,81H,1-14H3;/q-1;. The topological polar surface area (TPSA) is 57.4 Å². The third-order valence-corrected chi connectivity index (χ3v) is 16.6. The van der Waals surface area contributed by atoms with Crippen LogP contribution in [0, 0.1) is 19.9 Å². The molecule has 12 rings (SSSR count). The first-order valence-electron chi connectivity index (χ1n) is 28.7. The second kappa shape index (κ2) is 20.6. The zero-order valence-electron chi connectivity index (χ0n) is 49.9. The minimum absolute atomic E-state index is 0. The van der Waals surface area contributed by atoms with E-state index in [9.17, 15) is 5.11 Å². The molecule has 0 bridgehead atoms. The quantitative estimate of drug-likeness (QED) is 0.127. The van der Waals surface area contributed by atoms with Crippen molar-refractivity contribution in [3.8, 4) is 56.3 Å². The molecule has 1 N–H and O–H groups in total. The molecule has 5 heterocycles. The Balaban J connectivity index is 0.00000705. The van der Waals surface area contributed by atoms with Crippen molar-refractivity contribution in [2.75, 3.05) is 4.90 Å². The fraction of sp³-hybridized carbons (Fsp3) is 0.243. The fourth-order valence-corrected chi connectivity index (χ4v) is 12.4. The van der Waals surface area contributed by atoms with Crippen LogP contribution in [0.3, 0.4) is 0 Å². The molecule has 0 atom stereocenters. The largest absolute Gasteiger partial charge is 0.507 e. The number of aromatic hydroxyl groups is 1. The first-order valence-corrected chi connectivity index (χ1v) is 28.7. The normalized spacial score (nSPS) is 14.1. The monoisotopic (exact) mass is 1250 g/mol. The zero-order valence-corrected chi connectivity index (χ0v) is 52.2. The maximum Gasteiger partial charge on any atom is 0.335 e. The number of aryl methyl sites for hydroxylation is 2. The number of pyridine rings is 1. The molecular weight excluding hydrogens is 1180 g/mol. The number of benzene rings is 7. The van der Waals surface area contributed by atoms with Gasteiger partial charge in [-0.05, 0) is 140 Å². The molecule has 0 spiro atoms. The molecule has 9 aromatic rings. The molecule has 0 aliphatic carbocycles. The van der Waals surface area contributed by atoms with Gasteiger partial charge in [0, 0.05) is 55.3 Å². The van der Waals surface area contributed by atoms with Crippen LogP contribution in [0.2, 0.25) is 0 Å². The second-order valence-corrected chi connectivity index (χ2v) is 26.5. The predicted molar refractivity (Wildman–Crippen MR) is 339 cm³/mol. The summed E-state index contributed by atoms with van der Waals surface area (Å²) in [5.74, 6) is 1.92. The summed E-state index contributed by atoms with van der Waals surface area (Å²) in [7, 11) is 0. The summed E-state index contributed by atoms with van der Waals surface area (Å²) in [5.41, 5.74) is 21.6. The van der Waals surface area contributed by atoms with E-state index in [-0.39, 0.29) is 43.1 Å². The van der Waals surface area contributed by atoms with E-state index in [4.69, 9.17) is 9.97 Å². The van der Waals surface area contributed by atoms with Gasteiger partial charge in [0.15, 0.2) is 0 Å². The van der Waals surface area contributed by atoms with Crippen LogP contribution in [0.5, 0.6) is 5.75 Å². The van der Waals surface area contributed by atoms with E-state index in [1.54, 1.807) is 0 Å². The van der Waals surface area contributed by atoms with Crippen LogP contribution >= 0.6 is 0 Å². The summed E-state index contributed by atoms with van der Waals surface area (Å²) in [5, 5.41) is 13.3. The summed E-state index contributed by atoms with van der Waals surface area (Å²) in [6.07, 6.45) is 8.74. The SMILES string of the molecule is Cc1cccc(C)c1C1=C2C=CC=C3N2B(c2[c-]c(-c4cc(-c5ccccc5)ccn4)cc(C(C)(C)C)c2N3c2ccccc2)c2nc(-c3cc(C(C)(C)C)cc(C(C)(C)C)c3O)n(-c3ccc(C(C)(C)C)cc3-c3ccccc3)c21.[Pt]. The number of fused-ring (bicyclic) bond motifs is 4. The van der Waals surface area contributed by atoms with E-state index in [1.807, 2.05) is 6.20 Å². The molecule has 8 heteroatoms. The number of hydrogen-bond acceptors (Lipinski definition) is 5. The molecule has 0 fully saturated rings. The summed E-state index contributed by atoms with van der Waals surface area (Å²) in [4.78, 5) is 16.4. The number of nitrogens with zero attached hydrogens (tertiary/aromatic N) is 5. The van der Waals surface area contributed by atoms with Gasteiger partial charge in [-0.25, -0.2) is 4.98 Å². The fourth-order valence-electron chi connectivity index (χ4n) is 12.4. The number of phenolic OH excluding ortho intramolecular Hbond substituents is 1. The second-order valence-electron chi connectivity index (χ2n) is 26.5. The van der Waals surface area contributed by atoms with Crippen molar-refractivity contribution in [2.24, 2.45) is 0 Å². The third-order valence-electron chi connectivity index (χ3n) is 16.6. The molecule has 414 valence electrons. The minimum atomic E-state index is -0.503. The van der Waals surface area contributed by atoms with Gasteiger partial charge in [0.25, 0.3) is 0 Å². The van der Waals surface area contributed by atoms with Gasteiger partial charge in [0.05, 0.1) is 28.4 Å². The maximum absolute atomic E-state index is 13.3. The molecule has 6 nitrogen and oxygen atoms in total. The van der Waals surface area contributed by atoms with Crippen LogP contribution in [0.1, 0.15) is 128 Å². The zero-order chi connectivity index (χ0) is 57.1. The predicted octanol–water partition coefficient (Wildman–Crippen LogP) is 17.0. The number of rotatable bonds is 7. The van der Waals surface area contributed by atoms with Crippen LogP contribution in [0.25, 0.3) is 56.2 Å². The molecule has 3 aliphatic heterocycles. The van der Waals surface area contributed by atoms with Crippen LogP contribution < -0.4 is 16.0 Å². The van der Waals surface area contributed by atoms with Crippen LogP contribution in [0.4, 0.5) is 11.4 Å². The number of imidazole rings is 1. The van der Waals surface area contributed by atoms with Gasteiger partial charge in [-0.2, -0.15) is 0 Å². The smallest absolute Gasteiger partial charge is 0.335 e. The number of hydrogen-bond donors (Lipinski definition) is 1. The number of aromatic nitrogens is 3. The number of phenols is 1. The van der Waals surface area contributed by atoms with E-state index in [0.717, 1.165) is 112 Å². The third kappa shape index (κ3) is 9.63. The Morgan fingerprint density at radius 1 is 0.573 bits per heavy atom. The average Bonchev–Trinajstić information content (AvgIpc) is 1.39. The molecule has 82 heavy (non-hydrogen) atoms. The van der Waals surface area contributed by atoms with Crippen molar-refractivity contribution in [2.45, 2.75) is 119 Å². The van der Waals surface area contributed by atoms with Crippen molar-refractivity contribution in [1.29, 1.82) is 0 Å². The molecule has 0 amide bonds. The van der Waals surface area contributed by atoms with E-state index < -0.39 is 12.3 Å². The first kappa shape index (κ1) is 56.1. The Morgan fingerprint density at radius 2 is 1.18 bits per heavy atom. The Hall–Kier alpha value is -7.73. The molecule has 3 aliphatic rings. The van der Waals surface area contributed by atoms with E-state index in [0.29, 0.717) is 11.4 Å². The van der Waals surface area contributed by atoms with E-state index in [1.165, 1.54) is 11.1 Å². The van der Waals surface area contributed by atoms with Crippen LogP contribution in [0.15, 0.2) is 194 Å². The minimum Gasteiger partial charge on any atom is -0.507 e. The van der Waals surface area contributed by atoms with Crippen molar-refractivity contribution in [3.63, 3.8) is 0 Å². The number of anilines is 2. The van der Waals surface area contributed by atoms with Crippen LogP contribution in [-0.4, -0.2) is 31.3 Å². The average molecular weight is 1250 g/mol. The van der Waals surface area contributed by atoms with Gasteiger partial charge in [-0.3, -0.25) is 4.57 Å². The maximum atomic E-state index is 13.3. The number of allylic oxidation sites excluding steroid dienone is 3. The molecule has 0 saturated heterocycles. The van der Waals surface area contributed by atoms with Crippen molar-refractivity contribution in [1.82, 2.24) is 19.3 Å². The summed E-state index contributed by atoms with van der Waals surface area (Å²) < 4.78 is 2.43. The molecule has 0 unspecified atom stereocenters. The van der Waals surface area contributed by atoms with E-state index in [2.05, 4.69) is 293 Å². The summed E-state index contributed by atoms with van der Waals surface area (Å²) >= 11 is 0. The van der Waals surface area contributed by atoms with Crippen molar-refractivity contribution in [3.05, 3.63) is 244 Å². The molecule has 2 aromatic heterocycles. The van der Waals surface area contributed by atoms with Gasteiger partial charge >= 0.3 is 6.85 Å². The summed E-state index contributed by atoms with van der Waals surface area (Å²) in [6.45, 7) is 31.1. The van der Waals surface area contributed by atoms with Gasteiger partial charge in [0.2, 0.25) is 0 Å². The number of para-hydroxylation sites is 1. The van der Waals surface area contributed by atoms with Gasteiger partial charge in [-0.15, -0.1) is 28.7 Å². The van der Waals surface area contributed by atoms with Crippen molar-refractivity contribution >= 4 is 34.9 Å². The Morgan fingerprint density at radius 3 is 1.80 bits per heavy atom. The summed E-state index contributed by atoms with van der Waals surface area (Å²) in [6, 6.07) is 61.0. The van der Waals surface area contributed by atoms with Gasteiger partial charge < -0.3 is 19.8 Å². The molecule has 7 aromatic carbocycles.